The number of thiazole rings is 1. The van der Waals surface area contributed by atoms with Gasteiger partial charge in [-0.2, -0.15) is 0 Å². The van der Waals surface area contributed by atoms with Gasteiger partial charge in [-0.15, -0.1) is 11.3 Å². The van der Waals surface area contributed by atoms with E-state index in [1.54, 1.807) is 11.3 Å². The molecule has 1 aromatic rings. The topological polar surface area (TPSA) is 37.0 Å². The van der Waals surface area contributed by atoms with Crippen molar-refractivity contribution in [1.29, 1.82) is 0 Å². The van der Waals surface area contributed by atoms with Crippen molar-refractivity contribution in [2.24, 2.45) is 0 Å². The zero-order chi connectivity index (χ0) is 12.0. The van der Waals surface area contributed by atoms with Gasteiger partial charge in [0.1, 0.15) is 5.01 Å². The van der Waals surface area contributed by atoms with E-state index >= 15 is 0 Å². The summed E-state index contributed by atoms with van der Waals surface area (Å²) in [4.78, 5) is 5.67. The van der Waals surface area contributed by atoms with Crippen molar-refractivity contribution in [3.8, 4) is 0 Å². The molecule has 0 bridgehead atoms. The summed E-state index contributed by atoms with van der Waals surface area (Å²) in [6.45, 7) is 10.7. The largest absolute Gasteiger partial charge is 0.314 e. The van der Waals surface area contributed by atoms with Crippen molar-refractivity contribution < 1.29 is 0 Å². The van der Waals surface area contributed by atoms with E-state index in [0.717, 1.165) is 19.5 Å². The summed E-state index contributed by atoms with van der Waals surface area (Å²) in [5.41, 5.74) is 0. The lowest BCUT2D eigenvalue weighted by Crippen LogP contribution is -2.27. The van der Waals surface area contributed by atoms with Gasteiger partial charge < -0.3 is 10.6 Å². The minimum absolute atomic E-state index is 0.373. The standard InChI is InChI=1S/C12H23N3S/c1-9(2)13-6-5-7-14-11(4)12-15-8-10(3)16-12/h8-9,11,13-14H,5-7H2,1-4H3. The summed E-state index contributed by atoms with van der Waals surface area (Å²) >= 11 is 1.78. The van der Waals surface area contributed by atoms with Crippen molar-refractivity contribution in [3.05, 3.63) is 16.1 Å². The Morgan fingerprint density at radius 2 is 1.94 bits per heavy atom. The summed E-state index contributed by atoms with van der Waals surface area (Å²) < 4.78 is 0. The van der Waals surface area contributed by atoms with Crippen LogP contribution in [0.25, 0.3) is 0 Å². The Morgan fingerprint density at radius 3 is 2.50 bits per heavy atom. The maximum absolute atomic E-state index is 4.38. The number of hydrogen-bond acceptors (Lipinski definition) is 4. The highest BCUT2D eigenvalue weighted by molar-refractivity contribution is 7.11. The van der Waals surface area contributed by atoms with Crippen LogP contribution in [0.3, 0.4) is 0 Å². The lowest BCUT2D eigenvalue weighted by atomic mass is 10.3. The molecule has 0 saturated carbocycles. The summed E-state index contributed by atoms with van der Waals surface area (Å²) in [5, 5.41) is 8.09. The van der Waals surface area contributed by atoms with Crippen LogP contribution in [0.15, 0.2) is 6.20 Å². The zero-order valence-electron chi connectivity index (χ0n) is 10.7. The Balaban J connectivity index is 2.13. The molecule has 16 heavy (non-hydrogen) atoms. The van der Waals surface area contributed by atoms with Gasteiger partial charge in [0, 0.05) is 17.1 Å². The molecule has 0 aliphatic rings. The molecule has 1 rings (SSSR count). The minimum Gasteiger partial charge on any atom is -0.314 e. The third kappa shape index (κ3) is 5.05. The zero-order valence-corrected chi connectivity index (χ0v) is 11.5. The molecule has 0 aliphatic heterocycles. The predicted molar refractivity (Wildman–Crippen MR) is 71.0 cm³/mol. The number of nitrogens with zero attached hydrogens (tertiary/aromatic N) is 1. The van der Waals surface area contributed by atoms with E-state index in [1.807, 2.05) is 6.20 Å². The van der Waals surface area contributed by atoms with Gasteiger partial charge in [0.15, 0.2) is 0 Å². The van der Waals surface area contributed by atoms with Gasteiger partial charge in [0.25, 0.3) is 0 Å². The maximum Gasteiger partial charge on any atom is 0.109 e. The van der Waals surface area contributed by atoms with Crippen LogP contribution in [-0.4, -0.2) is 24.1 Å². The first kappa shape index (κ1) is 13.6. The van der Waals surface area contributed by atoms with Crippen LogP contribution in [0, 0.1) is 6.92 Å². The molecule has 92 valence electrons. The summed E-state index contributed by atoms with van der Waals surface area (Å²) in [7, 11) is 0. The monoisotopic (exact) mass is 241 g/mol. The molecule has 0 aromatic carbocycles. The average Bonchev–Trinajstić information content (AvgIpc) is 2.63. The molecule has 1 heterocycles. The fraction of sp³-hybridized carbons (Fsp3) is 0.750. The lowest BCUT2D eigenvalue weighted by molar-refractivity contribution is 0.515. The van der Waals surface area contributed by atoms with Crippen molar-refractivity contribution in [3.63, 3.8) is 0 Å². The second-order valence-corrected chi connectivity index (χ2v) is 5.71. The second-order valence-electron chi connectivity index (χ2n) is 4.45. The molecule has 0 spiro atoms. The van der Waals surface area contributed by atoms with E-state index in [0.29, 0.717) is 12.1 Å². The Hall–Kier alpha value is -0.450. The smallest absolute Gasteiger partial charge is 0.109 e. The first-order valence-corrected chi connectivity index (χ1v) is 6.80. The quantitative estimate of drug-likeness (QED) is 0.720. The van der Waals surface area contributed by atoms with Crippen LogP contribution < -0.4 is 10.6 Å². The molecule has 4 heteroatoms. The number of hydrogen-bond donors (Lipinski definition) is 2. The third-order valence-electron chi connectivity index (χ3n) is 2.37. The second kappa shape index (κ2) is 6.99. The van der Waals surface area contributed by atoms with Crippen LogP contribution in [0.2, 0.25) is 0 Å². The molecule has 2 N–H and O–H groups in total. The maximum atomic E-state index is 4.38. The fourth-order valence-electron chi connectivity index (χ4n) is 1.46. The predicted octanol–water partition coefficient (Wildman–Crippen LogP) is 2.49. The van der Waals surface area contributed by atoms with Gasteiger partial charge in [-0.1, -0.05) is 13.8 Å². The van der Waals surface area contributed by atoms with Crippen molar-refractivity contribution >= 4 is 11.3 Å². The van der Waals surface area contributed by atoms with Crippen molar-refractivity contribution in [2.75, 3.05) is 13.1 Å². The van der Waals surface area contributed by atoms with Gasteiger partial charge in [0.2, 0.25) is 0 Å². The molecule has 1 unspecified atom stereocenters. The van der Waals surface area contributed by atoms with Crippen LogP contribution >= 0.6 is 11.3 Å². The van der Waals surface area contributed by atoms with E-state index in [-0.39, 0.29) is 0 Å². The molecule has 1 atom stereocenters. The van der Waals surface area contributed by atoms with Gasteiger partial charge >= 0.3 is 0 Å². The first-order valence-electron chi connectivity index (χ1n) is 5.98. The number of aromatic nitrogens is 1. The normalized spacial score (nSPS) is 13.3. The number of aryl methyl sites for hydroxylation is 1. The van der Waals surface area contributed by atoms with Gasteiger partial charge in [0.05, 0.1) is 6.04 Å². The van der Waals surface area contributed by atoms with E-state index in [9.17, 15) is 0 Å². The fourth-order valence-corrected chi connectivity index (χ4v) is 2.26. The van der Waals surface area contributed by atoms with Crippen LogP contribution in [-0.2, 0) is 0 Å². The highest BCUT2D eigenvalue weighted by Crippen LogP contribution is 2.18. The molecular weight excluding hydrogens is 218 g/mol. The Morgan fingerprint density at radius 1 is 1.25 bits per heavy atom. The molecule has 0 radical (unpaired) electrons. The average molecular weight is 241 g/mol. The van der Waals surface area contributed by atoms with Crippen molar-refractivity contribution in [1.82, 2.24) is 15.6 Å². The summed E-state index contributed by atoms with van der Waals surface area (Å²) in [6, 6.07) is 0.955. The Kier molecular flexibility index (Phi) is 5.95. The van der Waals surface area contributed by atoms with Crippen LogP contribution in [0.5, 0.6) is 0 Å². The first-order chi connectivity index (χ1) is 7.59. The highest BCUT2D eigenvalue weighted by Gasteiger charge is 2.07. The van der Waals surface area contributed by atoms with Crippen LogP contribution in [0.1, 0.15) is 43.1 Å². The minimum atomic E-state index is 0.373. The molecule has 3 nitrogen and oxygen atoms in total. The Bertz CT molecular complexity index is 296. The Labute approximate surface area is 103 Å². The van der Waals surface area contributed by atoms with Crippen molar-refractivity contribution in [2.45, 2.75) is 46.2 Å². The molecule has 0 amide bonds. The van der Waals surface area contributed by atoms with Gasteiger partial charge in [-0.25, -0.2) is 4.98 Å². The molecule has 0 saturated heterocycles. The summed E-state index contributed by atoms with van der Waals surface area (Å²) in [6.07, 6.45) is 3.10. The van der Waals surface area contributed by atoms with E-state index in [1.165, 1.54) is 9.88 Å². The number of nitrogens with one attached hydrogen (secondary N) is 2. The lowest BCUT2D eigenvalue weighted by Gasteiger charge is -2.12. The third-order valence-corrected chi connectivity index (χ3v) is 3.46. The van der Waals surface area contributed by atoms with E-state index in [4.69, 9.17) is 0 Å². The number of rotatable bonds is 7. The molecule has 0 fully saturated rings. The van der Waals surface area contributed by atoms with Gasteiger partial charge in [-0.05, 0) is 33.4 Å². The SMILES string of the molecule is Cc1cnc(C(C)NCCCNC(C)C)s1. The molecular formula is C12H23N3S. The summed E-state index contributed by atoms with van der Waals surface area (Å²) in [5.74, 6) is 0. The highest BCUT2D eigenvalue weighted by atomic mass is 32.1. The van der Waals surface area contributed by atoms with Crippen LogP contribution in [0.4, 0.5) is 0 Å². The van der Waals surface area contributed by atoms with E-state index in [2.05, 4.69) is 43.3 Å². The van der Waals surface area contributed by atoms with E-state index < -0.39 is 0 Å². The molecule has 1 aromatic heterocycles. The van der Waals surface area contributed by atoms with Gasteiger partial charge in [-0.3, -0.25) is 0 Å². The molecule has 0 aliphatic carbocycles.